The van der Waals surface area contributed by atoms with Gasteiger partial charge in [-0.2, -0.15) is 0 Å². The van der Waals surface area contributed by atoms with Crippen molar-refractivity contribution in [2.75, 3.05) is 6.61 Å². The van der Waals surface area contributed by atoms with Crippen LogP contribution in [0.5, 0.6) is 0 Å². The van der Waals surface area contributed by atoms with Crippen molar-refractivity contribution < 1.29 is 20.1 Å². The highest BCUT2D eigenvalue weighted by atomic mass is 16.6. The first-order chi connectivity index (χ1) is 8.06. The molecule has 2 rings (SSSR count). The van der Waals surface area contributed by atoms with Crippen LogP contribution in [-0.4, -0.2) is 49.8 Å². The summed E-state index contributed by atoms with van der Waals surface area (Å²) in [5.41, 5.74) is -1.42. The number of ether oxygens (including phenoxy) is 1. The Labute approximate surface area is 94.7 Å². The summed E-state index contributed by atoms with van der Waals surface area (Å²) in [5, 5.41) is 28.1. The Balaban J connectivity index is 2.42. The van der Waals surface area contributed by atoms with E-state index in [2.05, 4.69) is 4.98 Å². The standard InChI is InChI=1S/C9H12N2O6/c12-3-4-6(14)7(15)8(17-4)11-5(13)1-2-10-9(11)16/h1-2,4,6-8,12,14-15H,3H2,(H,10,16)/t4-,6-,7+,8+/m1/s1. The Morgan fingerprint density at radius 3 is 2.59 bits per heavy atom. The second kappa shape index (κ2) is 4.41. The van der Waals surface area contributed by atoms with E-state index in [4.69, 9.17) is 9.84 Å². The van der Waals surface area contributed by atoms with Crippen LogP contribution in [0.15, 0.2) is 21.9 Å². The van der Waals surface area contributed by atoms with Gasteiger partial charge >= 0.3 is 5.69 Å². The van der Waals surface area contributed by atoms with Gasteiger partial charge in [-0.15, -0.1) is 0 Å². The van der Waals surface area contributed by atoms with Crippen molar-refractivity contribution >= 4 is 0 Å². The maximum absolute atomic E-state index is 11.5. The van der Waals surface area contributed by atoms with Gasteiger partial charge in [0.05, 0.1) is 6.61 Å². The molecule has 2 heterocycles. The maximum atomic E-state index is 11.5. The van der Waals surface area contributed by atoms with Crippen LogP contribution in [-0.2, 0) is 4.74 Å². The number of nitrogens with zero attached hydrogens (tertiary/aromatic N) is 1. The van der Waals surface area contributed by atoms with Crippen LogP contribution in [0.2, 0.25) is 0 Å². The largest absolute Gasteiger partial charge is 0.394 e. The van der Waals surface area contributed by atoms with Gasteiger partial charge in [-0.3, -0.25) is 4.79 Å². The Morgan fingerprint density at radius 2 is 2.06 bits per heavy atom. The molecule has 1 fully saturated rings. The van der Waals surface area contributed by atoms with Gasteiger partial charge in [0.2, 0.25) is 0 Å². The lowest BCUT2D eigenvalue weighted by molar-refractivity contribution is -0.0564. The normalized spacial score (nSPS) is 32.9. The number of hydrogen-bond donors (Lipinski definition) is 4. The zero-order chi connectivity index (χ0) is 12.6. The number of nitrogens with one attached hydrogen (secondary N) is 1. The Hall–Kier alpha value is -1.48. The third-order valence-corrected chi connectivity index (χ3v) is 2.66. The van der Waals surface area contributed by atoms with Crippen molar-refractivity contribution in [2.45, 2.75) is 24.5 Å². The quantitative estimate of drug-likeness (QED) is 0.444. The molecule has 17 heavy (non-hydrogen) atoms. The second-order valence-corrected chi connectivity index (χ2v) is 3.72. The smallest absolute Gasteiger partial charge is 0.330 e. The van der Waals surface area contributed by atoms with Gasteiger partial charge in [0.1, 0.15) is 18.3 Å². The summed E-state index contributed by atoms with van der Waals surface area (Å²) in [6.45, 7) is -0.520. The Kier molecular flexibility index (Phi) is 3.11. The number of aromatic amines is 1. The van der Waals surface area contributed by atoms with Crippen LogP contribution < -0.4 is 11.2 Å². The Morgan fingerprint density at radius 1 is 1.35 bits per heavy atom. The summed E-state index contributed by atoms with van der Waals surface area (Å²) in [7, 11) is 0. The van der Waals surface area contributed by atoms with E-state index < -0.39 is 42.4 Å². The SMILES string of the molecule is O=c1cc[nH]c(=O)n1[C@H]1O[C@H](CO)[C@@H](O)[C@@H]1O. The Bertz CT molecular complexity index is 480. The molecule has 0 saturated carbocycles. The maximum Gasteiger partial charge on any atom is 0.330 e. The number of aromatic nitrogens is 2. The molecule has 1 aromatic rings. The van der Waals surface area contributed by atoms with Crippen molar-refractivity contribution in [3.8, 4) is 0 Å². The van der Waals surface area contributed by atoms with E-state index in [1.165, 1.54) is 6.20 Å². The molecule has 0 radical (unpaired) electrons. The van der Waals surface area contributed by atoms with Crippen LogP contribution in [0.25, 0.3) is 0 Å². The number of rotatable bonds is 2. The van der Waals surface area contributed by atoms with Gasteiger partial charge in [-0.25, -0.2) is 9.36 Å². The van der Waals surface area contributed by atoms with Gasteiger partial charge in [0, 0.05) is 12.3 Å². The number of aliphatic hydroxyl groups is 3. The zero-order valence-corrected chi connectivity index (χ0v) is 8.68. The third kappa shape index (κ3) is 1.91. The first kappa shape index (κ1) is 12.0. The third-order valence-electron chi connectivity index (χ3n) is 2.66. The highest BCUT2D eigenvalue weighted by molar-refractivity contribution is 4.93. The first-order valence-corrected chi connectivity index (χ1v) is 4.99. The monoisotopic (exact) mass is 244 g/mol. The predicted molar refractivity (Wildman–Crippen MR) is 54.3 cm³/mol. The average Bonchev–Trinajstić information content (AvgIpc) is 2.57. The van der Waals surface area contributed by atoms with E-state index in [0.717, 1.165) is 6.07 Å². The minimum Gasteiger partial charge on any atom is -0.394 e. The van der Waals surface area contributed by atoms with Crippen LogP contribution in [0.3, 0.4) is 0 Å². The van der Waals surface area contributed by atoms with Crippen molar-refractivity contribution in [1.29, 1.82) is 0 Å². The van der Waals surface area contributed by atoms with E-state index in [1.54, 1.807) is 0 Å². The molecule has 0 spiro atoms. The predicted octanol–water partition coefficient (Wildman–Crippen LogP) is -2.85. The van der Waals surface area contributed by atoms with Gasteiger partial charge < -0.3 is 25.0 Å². The minimum absolute atomic E-state index is 0.520. The van der Waals surface area contributed by atoms with Crippen molar-refractivity contribution in [3.05, 3.63) is 33.1 Å². The van der Waals surface area contributed by atoms with Gasteiger partial charge in [0.25, 0.3) is 5.56 Å². The molecule has 0 amide bonds. The van der Waals surface area contributed by atoms with Gasteiger partial charge in [-0.05, 0) is 0 Å². The lowest BCUT2D eigenvalue weighted by atomic mass is 10.1. The zero-order valence-electron chi connectivity index (χ0n) is 8.68. The van der Waals surface area contributed by atoms with E-state index in [1.807, 2.05) is 0 Å². The van der Waals surface area contributed by atoms with Crippen LogP contribution in [0.1, 0.15) is 6.23 Å². The summed E-state index contributed by atoms with van der Waals surface area (Å²) in [6, 6.07) is 1.09. The van der Waals surface area contributed by atoms with Gasteiger partial charge in [-0.1, -0.05) is 0 Å². The van der Waals surface area contributed by atoms with Crippen molar-refractivity contribution in [3.63, 3.8) is 0 Å². The minimum atomic E-state index is -1.45. The van der Waals surface area contributed by atoms with E-state index in [0.29, 0.717) is 4.57 Å². The molecule has 1 aromatic heterocycles. The average molecular weight is 244 g/mol. The summed E-state index contributed by atoms with van der Waals surface area (Å²) in [4.78, 5) is 25.2. The van der Waals surface area contributed by atoms with Crippen LogP contribution in [0.4, 0.5) is 0 Å². The molecule has 0 aromatic carbocycles. The molecule has 8 nitrogen and oxygen atoms in total. The molecular weight excluding hydrogens is 232 g/mol. The number of hydrogen-bond acceptors (Lipinski definition) is 6. The van der Waals surface area contributed by atoms with E-state index in [9.17, 15) is 19.8 Å². The number of H-pyrrole nitrogens is 1. The molecule has 1 aliphatic heterocycles. The summed E-state index contributed by atoms with van der Waals surface area (Å²) in [5.74, 6) is 0. The highest BCUT2D eigenvalue weighted by Gasteiger charge is 2.44. The molecule has 0 bridgehead atoms. The molecule has 4 atom stereocenters. The molecular formula is C9H12N2O6. The lowest BCUT2D eigenvalue weighted by Crippen LogP contribution is -2.42. The van der Waals surface area contributed by atoms with Crippen molar-refractivity contribution in [2.24, 2.45) is 0 Å². The van der Waals surface area contributed by atoms with Crippen molar-refractivity contribution in [1.82, 2.24) is 9.55 Å². The fourth-order valence-corrected chi connectivity index (χ4v) is 1.77. The number of aliphatic hydroxyl groups excluding tert-OH is 3. The molecule has 94 valence electrons. The topological polar surface area (TPSA) is 125 Å². The fraction of sp³-hybridized carbons (Fsp3) is 0.556. The summed E-state index contributed by atoms with van der Waals surface area (Å²) in [6.07, 6.45) is -3.96. The fourth-order valence-electron chi connectivity index (χ4n) is 1.77. The molecule has 0 unspecified atom stereocenters. The van der Waals surface area contributed by atoms with E-state index >= 15 is 0 Å². The van der Waals surface area contributed by atoms with Crippen LogP contribution in [0, 0.1) is 0 Å². The van der Waals surface area contributed by atoms with Crippen LogP contribution >= 0.6 is 0 Å². The highest BCUT2D eigenvalue weighted by Crippen LogP contribution is 2.26. The molecule has 8 heteroatoms. The summed E-state index contributed by atoms with van der Waals surface area (Å²) >= 11 is 0. The first-order valence-electron chi connectivity index (χ1n) is 4.99. The lowest BCUT2D eigenvalue weighted by Gasteiger charge is -2.15. The molecule has 0 aliphatic carbocycles. The molecule has 1 saturated heterocycles. The molecule has 1 aliphatic rings. The molecule has 4 N–H and O–H groups in total. The summed E-state index contributed by atoms with van der Waals surface area (Å²) < 4.78 is 5.73. The van der Waals surface area contributed by atoms with Gasteiger partial charge in [0.15, 0.2) is 6.23 Å². The second-order valence-electron chi connectivity index (χ2n) is 3.72. The van der Waals surface area contributed by atoms with E-state index in [-0.39, 0.29) is 0 Å².